The van der Waals surface area contributed by atoms with Gasteiger partial charge in [-0.05, 0) is 35.2 Å². The summed E-state index contributed by atoms with van der Waals surface area (Å²) < 4.78 is 6.11. The molecular weight excluding hydrogens is 402 g/mol. The van der Waals surface area contributed by atoms with E-state index in [1.165, 1.54) is 16.9 Å². The maximum atomic E-state index is 6.11. The van der Waals surface area contributed by atoms with Crippen molar-refractivity contribution in [3.63, 3.8) is 0 Å². The van der Waals surface area contributed by atoms with E-state index in [1.54, 1.807) is 6.21 Å². The molecule has 0 unspecified atom stereocenters. The number of hydrogen-bond donors (Lipinski definition) is 1. The maximum absolute atomic E-state index is 6.11. The first-order valence-electron chi connectivity index (χ1n) is 10.2. The van der Waals surface area contributed by atoms with Crippen LogP contribution in [0, 0.1) is 0 Å². The number of anilines is 1. The molecule has 31 heavy (non-hydrogen) atoms. The summed E-state index contributed by atoms with van der Waals surface area (Å²) >= 11 is 1.52. The normalized spacial score (nSPS) is 11.6. The summed E-state index contributed by atoms with van der Waals surface area (Å²) in [6.07, 6.45) is 1.75. The quantitative estimate of drug-likeness (QED) is 0.258. The van der Waals surface area contributed by atoms with Gasteiger partial charge < -0.3 is 4.74 Å². The Hall–Kier alpha value is -3.44. The van der Waals surface area contributed by atoms with E-state index in [-0.39, 0.29) is 5.41 Å². The smallest absolute Gasteiger partial charge is 0.203 e. The molecule has 1 heterocycles. The number of para-hydroxylation sites is 1. The van der Waals surface area contributed by atoms with Gasteiger partial charge in [0, 0.05) is 16.5 Å². The van der Waals surface area contributed by atoms with Crippen LogP contribution in [0.25, 0.3) is 11.3 Å². The van der Waals surface area contributed by atoms with Gasteiger partial charge in [0.15, 0.2) is 0 Å². The lowest BCUT2D eigenvalue weighted by Crippen LogP contribution is -2.10. The van der Waals surface area contributed by atoms with Crippen LogP contribution < -0.4 is 10.2 Å². The highest BCUT2D eigenvalue weighted by atomic mass is 32.1. The average Bonchev–Trinajstić information content (AvgIpc) is 3.24. The fraction of sp³-hybridized carbons (Fsp3) is 0.154. The van der Waals surface area contributed by atoms with Crippen LogP contribution in [0.3, 0.4) is 0 Å². The highest BCUT2D eigenvalue weighted by Gasteiger charge is 2.13. The molecular formula is C26H25N3OS. The maximum Gasteiger partial charge on any atom is 0.203 e. The molecule has 0 saturated carbocycles. The van der Waals surface area contributed by atoms with Crippen molar-refractivity contribution in [2.45, 2.75) is 26.2 Å². The molecule has 4 nitrogen and oxygen atoms in total. The Labute approximate surface area is 187 Å². The predicted octanol–water partition coefficient (Wildman–Crippen LogP) is 7.35. The molecule has 4 rings (SSSR count). The molecule has 0 radical (unpaired) electrons. The Balaban J connectivity index is 1.44. The molecule has 1 aromatic heterocycles. The molecule has 0 aliphatic carbocycles. The van der Waals surface area contributed by atoms with Gasteiger partial charge in [0.05, 0.1) is 11.9 Å². The lowest BCUT2D eigenvalue weighted by molar-refractivity contribution is 0.480. The summed E-state index contributed by atoms with van der Waals surface area (Å²) in [6.45, 7) is 6.60. The van der Waals surface area contributed by atoms with Crippen LogP contribution in [-0.2, 0) is 5.41 Å². The highest BCUT2D eigenvalue weighted by Crippen LogP contribution is 2.28. The fourth-order valence-electron chi connectivity index (χ4n) is 3.05. The van der Waals surface area contributed by atoms with Gasteiger partial charge >= 0.3 is 0 Å². The van der Waals surface area contributed by atoms with E-state index in [0.29, 0.717) is 0 Å². The van der Waals surface area contributed by atoms with Crippen molar-refractivity contribution in [2.75, 3.05) is 5.43 Å². The Morgan fingerprint density at radius 1 is 0.903 bits per heavy atom. The number of nitrogens with one attached hydrogen (secondary N) is 1. The monoisotopic (exact) mass is 427 g/mol. The minimum absolute atomic E-state index is 0.116. The summed E-state index contributed by atoms with van der Waals surface area (Å²) in [6, 6.07) is 26.2. The second-order valence-electron chi connectivity index (χ2n) is 8.19. The summed E-state index contributed by atoms with van der Waals surface area (Å²) in [4.78, 5) is 4.59. The minimum Gasteiger partial charge on any atom is -0.457 e. The average molecular weight is 428 g/mol. The molecule has 4 aromatic rings. The van der Waals surface area contributed by atoms with Gasteiger partial charge in [-0.25, -0.2) is 4.98 Å². The van der Waals surface area contributed by atoms with E-state index in [4.69, 9.17) is 4.74 Å². The number of benzene rings is 3. The largest absolute Gasteiger partial charge is 0.457 e. The van der Waals surface area contributed by atoms with Crippen molar-refractivity contribution in [1.82, 2.24) is 4.98 Å². The first kappa shape index (κ1) is 20.8. The molecule has 0 fully saturated rings. The molecule has 0 aliphatic heterocycles. The molecule has 0 atom stereocenters. The van der Waals surface area contributed by atoms with Crippen molar-refractivity contribution in [2.24, 2.45) is 5.10 Å². The lowest BCUT2D eigenvalue weighted by Gasteiger charge is -2.19. The van der Waals surface area contributed by atoms with E-state index >= 15 is 0 Å². The number of hydrogen-bond acceptors (Lipinski definition) is 5. The topological polar surface area (TPSA) is 46.5 Å². The van der Waals surface area contributed by atoms with Gasteiger partial charge in [-0.3, -0.25) is 5.43 Å². The third-order valence-corrected chi connectivity index (χ3v) is 5.55. The molecule has 156 valence electrons. The Kier molecular flexibility index (Phi) is 6.14. The standard InChI is InChI=1S/C26H25N3OS/c1-26(2,3)21-13-15-22(16-14-21)30-24-12-8-7-11-20(24)17-27-29-25-28-23(18-31-25)19-9-5-4-6-10-19/h4-18H,1-3H3,(H,28,29). The summed E-state index contributed by atoms with van der Waals surface area (Å²) in [5, 5.41) is 7.12. The second kappa shape index (κ2) is 9.14. The Morgan fingerprint density at radius 3 is 2.35 bits per heavy atom. The molecule has 0 bridgehead atoms. The number of rotatable bonds is 6. The number of nitrogens with zero attached hydrogens (tertiary/aromatic N) is 2. The van der Waals surface area contributed by atoms with Crippen LogP contribution in [0.2, 0.25) is 0 Å². The fourth-order valence-corrected chi connectivity index (χ4v) is 3.72. The van der Waals surface area contributed by atoms with Crippen molar-refractivity contribution in [1.29, 1.82) is 0 Å². The number of aromatic nitrogens is 1. The van der Waals surface area contributed by atoms with Crippen LogP contribution in [0.15, 0.2) is 89.3 Å². The zero-order valence-corrected chi connectivity index (χ0v) is 18.7. The predicted molar refractivity (Wildman–Crippen MR) is 130 cm³/mol. The van der Waals surface area contributed by atoms with Crippen LogP contribution in [0.4, 0.5) is 5.13 Å². The lowest BCUT2D eigenvalue weighted by atomic mass is 9.87. The molecule has 0 saturated heterocycles. The van der Waals surface area contributed by atoms with Crippen molar-refractivity contribution >= 4 is 22.7 Å². The Morgan fingerprint density at radius 2 is 1.61 bits per heavy atom. The SMILES string of the molecule is CC(C)(C)c1ccc(Oc2ccccc2C=NNc2nc(-c3ccccc3)cs2)cc1. The third kappa shape index (κ3) is 5.38. The van der Waals surface area contributed by atoms with Gasteiger partial charge in [-0.15, -0.1) is 11.3 Å². The summed E-state index contributed by atoms with van der Waals surface area (Å²) in [7, 11) is 0. The number of hydrazone groups is 1. The van der Waals surface area contributed by atoms with Crippen LogP contribution in [0.1, 0.15) is 31.9 Å². The second-order valence-corrected chi connectivity index (χ2v) is 9.05. The van der Waals surface area contributed by atoms with Crippen molar-refractivity contribution < 1.29 is 4.74 Å². The molecule has 0 amide bonds. The van der Waals surface area contributed by atoms with E-state index in [9.17, 15) is 0 Å². The van der Waals surface area contributed by atoms with Gasteiger partial charge in [0.25, 0.3) is 0 Å². The van der Waals surface area contributed by atoms with E-state index < -0.39 is 0 Å². The first-order chi connectivity index (χ1) is 15.0. The molecule has 1 N–H and O–H groups in total. The van der Waals surface area contributed by atoms with Crippen molar-refractivity contribution in [3.8, 4) is 22.8 Å². The van der Waals surface area contributed by atoms with E-state index in [0.717, 1.165) is 33.5 Å². The number of thiazole rings is 1. The minimum atomic E-state index is 0.116. The van der Waals surface area contributed by atoms with Gasteiger partial charge in [0.2, 0.25) is 5.13 Å². The van der Waals surface area contributed by atoms with Crippen LogP contribution in [0.5, 0.6) is 11.5 Å². The van der Waals surface area contributed by atoms with Crippen molar-refractivity contribution in [3.05, 3.63) is 95.4 Å². The van der Waals surface area contributed by atoms with E-state index in [2.05, 4.69) is 48.4 Å². The zero-order chi connectivity index (χ0) is 21.7. The summed E-state index contributed by atoms with van der Waals surface area (Å²) in [5.41, 5.74) is 7.32. The van der Waals surface area contributed by atoms with E-state index in [1.807, 2.05) is 72.1 Å². The molecule has 3 aromatic carbocycles. The molecule has 0 spiro atoms. The van der Waals surface area contributed by atoms with Crippen LogP contribution >= 0.6 is 11.3 Å². The molecule has 0 aliphatic rings. The first-order valence-corrected chi connectivity index (χ1v) is 11.0. The van der Waals surface area contributed by atoms with Gasteiger partial charge in [-0.1, -0.05) is 75.4 Å². The van der Waals surface area contributed by atoms with Gasteiger partial charge in [-0.2, -0.15) is 5.10 Å². The Bertz CT molecular complexity index is 1160. The number of ether oxygens (including phenoxy) is 1. The van der Waals surface area contributed by atoms with Crippen LogP contribution in [-0.4, -0.2) is 11.2 Å². The highest BCUT2D eigenvalue weighted by molar-refractivity contribution is 7.14. The van der Waals surface area contributed by atoms with Gasteiger partial charge in [0.1, 0.15) is 11.5 Å². The zero-order valence-electron chi connectivity index (χ0n) is 17.9. The summed E-state index contributed by atoms with van der Waals surface area (Å²) in [5.74, 6) is 1.55. The molecule has 5 heteroatoms. The third-order valence-electron chi connectivity index (χ3n) is 4.80.